The average molecular weight is 395 g/mol. The lowest BCUT2D eigenvalue weighted by Gasteiger charge is -2.31. The first-order valence-corrected chi connectivity index (χ1v) is 10.0. The molecule has 7 heteroatoms. The van der Waals surface area contributed by atoms with Crippen LogP contribution < -0.4 is 5.32 Å². The second-order valence-electron chi connectivity index (χ2n) is 7.88. The number of likely N-dealkylation sites (tertiary alicyclic amines) is 1. The van der Waals surface area contributed by atoms with Crippen LogP contribution in [-0.2, 0) is 11.8 Å². The molecular formula is C22H26FN5O. The van der Waals surface area contributed by atoms with Crippen LogP contribution in [0.1, 0.15) is 19.8 Å². The second-order valence-corrected chi connectivity index (χ2v) is 7.88. The molecule has 0 saturated carbocycles. The van der Waals surface area contributed by atoms with E-state index in [0.717, 1.165) is 47.8 Å². The van der Waals surface area contributed by atoms with E-state index in [2.05, 4.69) is 26.4 Å². The lowest BCUT2D eigenvalue weighted by molar-refractivity contribution is -0.121. The van der Waals surface area contributed by atoms with E-state index in [1.54, 1.807) is 17.8 Å². The first kappa shape index (κ1) is 19.5. The van der Waals surface area contributed by atoms with E-state index in [9.17, 15) is 9.18 Å². The highest BCUT2D eigenvalue weighted by molar-refractivity contribution is 5.95. The Hall–Kier alpha value is -2.80. The minimum absolute atomic E-state index is 0.00629. The molecule has 1 atom stereocenters. The Labute approximate surface area is 169 Å². The number of hydrogen-bond donors (Lipinski definition) is 1. The Bertz CT molecular complexity index is 1010. The third-order valence-corrected chi connectivity index (χ3v) is 5.48. The molecule has 152 valence electrons. The van der Waals surface area contributed by atoms with E-state index in [1.807, 2.05) is 37.6 Å². The standard InChI is InChI=1S/C22H26FN5O/c1-15(23)13-28-7-5-16(6-8-28)22(29)26-21-10-19-9-17(3-4-18(19)11-24-21)20-12-25-27(2)14-20/h3-4,9-12,14-16H,5-8,13H2,1-2H3,(H,24,26,29)/t15-/m1/s1. The van der Waals surface area contributed by atoms with Gasteiger partial charge in [-0.3, -0.25) is 9.48 Å². The lowest BCUT2D eigenvalue weighted by atomic mass is 9.95. The third kappa shape index (κ3) is 4.62. The van der Waals surface area contributed by atoms with Crippen molar-refractivity contribution in [1.82, 2.24) is 19.7 Å². The van der Waals surface area contributed by atoms with E-state index in [0.29, 0.717) is 12.4 Å². The molecule has 0 radical (unpaired) electrons. The molecule has 1 fully saturated rings. The highest BCUT2D eigenvalue weighted by Crippen LogP contribution is 2.26. The molecule has 29 heavy (non-hydrogen) atoms. The predicted octanol–water partition coefficient (Wildman–Crippen LogP) is 3.64. The van der Waals surface area contributed by atoms with Crippen LogP contribution in [0.2, 0.25) is 0 Å². The highest BCUT2D eigenvalue weighted by atomic mass is 19.1. The summed E-state index contributed by atoms with van der Waals surface area (Å²) >= 11 is 0. The fourth-order valence-corrected chi connectivity index (χ4v) is 3.92. The normalized spacial score (nSPS) is 16.8. The lowest BCUT2D eigenvalue weighted by Crippen LogP contribution is -2.40. The monoisotopic (exact) mass is 395 g/mol. The van der Waals surface area contributed by atoms with Crippen molar-refractivity contribution < 1.29 is 9.18 Å². The molecule has 0 unspecified atom stereocenters. The zero-order chi connectivity index (χ0) is 20.4. The fourth-order valence-electron chi connectivity index (χ4n) is 3.92. The molecule has 0 aliphatic carbocycles. The number of amides is 1. The van der Waals surface area contributed by atoms with Gasteiger partial charge in [0.2, 0.25) is 5.91 Å². The number of aryl methyl sites for hydroxylation is 1. The molecule has 1 aliphatic heterocycles. The number of nitrogens with zero attached hydrogens (tertiary/aromatic N) is 4. The van der Waals surface area contributed by atoms with Gasteiger partial charge in [0.1, 0.15) is 12.0 Å². The van der Waals surface area contributed by atoms with Crippen molar-refractivity contribution >= 4 is 22.5 Å². The maximum absolute atomic E-state index is 13.2. The molecule has 1 saturated heterocycles. The number of alkyl halides is 1. The Balaban J connectivity index is 1.44. The van der Waals surface area contributed by atoms with Gasteiger partial charge in [-0.15, -0.1) is 0 Å². The number of hydrogen-bond acceptors (Lipinski definition) is 4. The molecule has 3 aromatic rings. The molecule has 4 rings (SSSR count). The summed E-state index contributed by atoms with van der Waals surface area (Å²) in [4.78, 5) is 19.1. The summed E-state index contributed by atoms with van der Waals surface area (Å²) in [5.74, 6) is 0.499. The molecule has 1 amide bonds. The van der Waals surface area contributed by atoms with Crippen molar-refractivity contribution in [2.24, 2.45) is 13.0 Å². The summed E-state index contributed by atoms with van der Waals surface area (Å²) in [7, 11) is 1.89. The van der Waals surface area contributed by atoms with Gasteiger partial charge < -0.3 is 10.2 Å². The maximum atomic E-state index is 13.2. The molecule has 0 bridgehead atoms. The summed E-state index contributed by atoms with van der Waals surface area (Å²) < 4.78 is 14.9. The molecule has 6 nitrogen and oxygen atoms in total. The van der Waals surface area contributed by atoms with E-state index in [-0.39, 0.29) is 11.8 Å². The smallest absolute Gasteiger partial charge is 0.228 e. The van der Waals surface area contributed by atoms with Crippen molar-refractivity contribution in [3.8, 4) is 11.1 Å². The zero-order valence-electron chi connectivity index (χ0n) is 16.8. The zero-order valence-corrected chi connectivity index (χ0v) is 16.8. The molecule has 2 aromatic heterocycles. The number of benzene rings is 1. The molecule has 1 aromatic carbocycles. The molecule has 1 aliphatic rings. The highest BCUT2D eigenvalue weighted by Gasteiger charge is 2.25. The summed E-state index contributed by atoms with van der Waals surface area (Å²) in [5.41, 5.74) is 2.12. The number of aromatic nitrogens is 3. The summed E-state index contributed by atoms with van der Waals surface area (Å²) in [6, 6.07) is 8.07. The van der Waals surface area contributed by atoms with E-state index < -0.39 is 6.17 Å². The van der Waals surface area contributed by atoms with Crippen molar-refractivity contribution in [3.63, 3.8) is 0 Å². The minimum atomic E-state index is -0.835. The number of pyridine rings is 1. The Morgan fingerprint density at radius 2 is 2.00 bits per heavy atom. The number of halogens is 1. The summed E-state index contributed by atoms with van der Waals surface area (Å²) in [5, 5.41) is 9.22. The van der Waals surface area contributed by atoms with E-state index in [1.165, 1.54) is 0 Å². The summed E-state index contributed by atoms with van der Waals surface area (Å²) in [6.45, 7) is 3.53. The van der Waals surface area contributed by atoms with Crippen LogP contribution in [0.4, 0.5) is 10.2 Å². The van der Waals surface area contributed by atoms with E-state index in [4.69, 9.17) is 0 Å². The Kier molecular flexibility index (Phi) is 5.58. The van der Waals surface area contributed by atoms with Crippen molar-refractivity contribution in [1.29, 1.82) is 0 Å². The average Bonchev–Trinajstić information content (AvgIpc) is 3.14. The predicted molar refractivity (Wildman–Crippen MR) is 112 cm³/mol. The van der Waals surface area contributed by atoms with Crippen LogP contribution >= 0.6 is 0 Å². The first-order valence-electron chi connectivity index (χ1n) is 10.0. The van der Waals surface area contributed by atoms with Gasteiger partial charge in [0, 0.05) is 42.9 Å². The van der Waals surface area contributed by atoms with Crippen LogP contribution in [0, 0.1) is 5.92 Å². The van der Waals surface area contributed by atoms with Gasteiger partial charge in [-0.2, -0.15) is 5.10 Å². The third-order valence-electron chi connectivity index (χ3n) is 5.48. The maximum Gasteiger partial charge on any atom is 0.228 e. The van der Waals surface area contributed by atoms with Crippen LogP contribution in [-0.4, -0.2) is 51.4 Å². The number of anilines is 1. The number of carbonyl (C=O) groups excluding carboxylic acids is 1. The largest absolute Gasteiger partial charge is 0.310 e. The summed E-state index contributed by atoms with van der Waals surface area (Å²) in [6.07, 6.45) is 6.25. The Morgan fingerprint density at radius 3 is 2.69 bits per heavy atom. The topological polar surface area (TPSA) is 63.1 Å². The van der Waals surface area contributed by atoms with Gasteiger partial charge in [-0.05, 0) is 55.9 Å². The number of rotatable bonds is 5. The molecule has 0 spiro atoms. The number of nitrogens with one attached hydrogen (secondary N) is 1. The Morgan fingerprint density at radius 1 is 1.21 bits per heavy atom. The fraction of sp³-hybridized carbons (Fsp3) is 0.409. The van der Waals surface area contributed by atoms with Crippen molar-refractivity contribution in [2.75, 3.05) is 25.0 Å². The molecule has 1 N–H and O–H groups in total. The van der Waals surface area contributed by atoms with Gasteiger partial charge >= 0.3 is 0 Å². The second kappa shape index (κ2) is 8.29. The van der Waals surface area contributed by atoms with Crippen molar-refractivity contribution in [2.45, 2.75) is 25.9 Å². The number of carbonyl (C=O) groups is 1. The molecular weight excluding hydrogens is 369 g/mol. The molecule has 3 heterocycles. The quantitative estimate of drug-likeness (QED) is 0.716. The van der Waals surface area contributed by atoms with Gasteiger partial charge in [-0.1, -0.05) is 12.1 Å². The SMILES string of the molecule is C[C@@H](F)CN1CCC(C(=O)Nc2cc3cc(-c4cnn(C)c4)ccc3cn2)CC1. The van der Waals surface area contributed by atoms with Crippen LogP contribution in [0.15, 0.2) is 42.9 Å². The first-order chi connectivity index (χ1) is 14.0. The van der Waals surface area contributed by atoms with Gasteiger partial charge in [0.25, 0.3) is 0 Å². The van der Waals surface area contributed by atoms with E-state index >= 15 is 0 Å². The van der Waals surface area contributed by atoms with Gasteiger partial charge in [0.15, 0.2) is 0 Å². The van der Waals surface area contributed by atoms with Crippen molar-refractivity contribution in [3.05, 3.63) is 42.9 Å². The van der Waals surface area contributed by atoms with Gasteiger partial charge in [-0.25, -0.2) is 9.37 Å². The minimum Gasteiger partial charge on any atom is -0.310 e. The number of piperidine rings is 1. The van der Waals surface area contributed by atoms with Crippen LogP contribution in [0.3, 0.4) is 0 Å². The number of fused-ring (bicyclic) bond motifs is 1. The van der Waals surface area contributed by atoms with Crippen LogP contribution in [0.25, 0.3) is 21.9 Å². The van der Waals surface area contributed by atoms with Crippen LogP contribution in [0.5, 0.6) is 0 Å². The van der Waals surface area contributed by atoms with Gasteiger partial charge in [0.05, 0.1) is 6.20 Å².